The van der Waals surface area contributed by atoms with Crippen LogP contribution in [-0.4, -0.2) is 29.7 Å². The molecule has 0 spiro atoms. The summed E-state index contributed by atoms with van der Waals surface area (Å²) in [4.78, 5) is 17.3. The van der Waals surface area contributed by atoms with E-state index in [1.165, 1.54) is 6.92 Å². The number of carboxylic acids is 1. The van der Waals surface area contributed by atoms with Gasteiger partial charge in [-0.1, -0.05) is 6.58 Å². The minimum Gasteiger partial charge on any atom is -0.478 e. The fourth-order valence-electron chi connectivity index (χ4n) is 0.227. The van der Waals surface area contributed by atoms with Crippen LogP contribution in [0.25, 0.3) is 0 Å². The molecule has 0 heterocycles. The lowest BCUT2D eigenvalue weighted by Gasteiger charge is -1.85. The van der Waals surface area contributed by atoms with Crippen molar-refractivity contribution in [2.75, 3.05) is 6.54 Å². The second kappa shape index (κ2) is 9.68. The monoisotopic (exact) mass is 198 g/mol. The van der Waals surface area contributed by atoms with Gasteiger partial charge in [-0.25, -0.2) is 14.8 Å². The minimum absolute atomic E-state index is 0.176. The maximum absolute atomic E-state index is 9.60. The lowest BCUT2D eigenvalue weighted by atomic mass is 10.4. The molecule has 0 aromatic rings. The molecule has 0 aromatic heterocycles. The average Bonchev–Trinajstić information content (AvgIpc) is 2.05. The quantitative estimate of drug-likeness (QED) is 0.558. The Kier molecular flexibility index (Phi) is 10.4. The summed E-state index contributed by atoms with van der Waals surface area (Å²) >= 11 is 0. The van der Waals surface area contributed by atoms with Crippen molar-refractivity contribution in [3.8, 4) is 0 Å². The molecule has 0 bridgehead atoms. The van der Waals surface area contributed by atoms with Gasteiger partial charge >= 0.3 is 5.97 Å². The number of aliphatic imine (C=N–C) groups is 2. The van der Waals surface area contributed by atoms with Gasteiger partial charge in [-0.05, 0) is 27.7 Å². The summed E-state index contributed by atoms with van der Waals surface area (Å²) < 4.78 is 0. The molecule has 0 aliphatic rings. The smallest absolute Gasteiger partial charge is 0.330 e. The van der Waals surface area contributed by atoms with Crippen LogP contribution < -0.4 is 0 Å². The highest BCUT2D eigenvalue weighted by molar-refractivity contribution is 5.84. The zero-order valence-electron chi connectivity index (χ0n) is 9.24. The summed E-state index contributed by atoms with van der Waals surface area (Å²) in [7, 11) is 0. The molecular weight excluding hydrogens is 180 g/mol. The van der Waals surface area contributed by atoms with Crippen LogP contribution in [0.5, 0.6) is 0 Å². The highest BCUT2D eigenvalue weighted by atomic mass is 16.4. The van der Waals surface area contributed by atoms with Crippen molar-refractivity contribution in [1.82, 2.24) is 0 Å². The highest BCUT2D eigenvalue weighted by Crippen LogP contribution is 1.81. The maximum Gasteiger partial charge on any atom is 0.330 e. The summed E-state index contributed by atoms with van der Waals surface area (Å²) in [6.45, 7) is 11.3. The lowest BCUT2D eigenvalue weighted by molar-refractivity contribution is -0.132. The molecule has 80 valence electrons. The SMILES string of the molecule is C=C(C)C(=O)O.CCN=C=NC(C)C. The number of rotatable bonds is 3. The lowest BCUT2D eigenvalue weighted by Crippen LogP contribution is -1.92. The van der Waals surface area contributed by atoms with Gasteiger partial charge in [0.15, 0.2) is 0 Å². The minimum atomic E-state index is -0.935. The van der Waals surface area contributed by atoms with E-state index in [-0.39, 0.29) is 5.57 Å². The number of hydrogen-bond acceptors (Lipinski definition) is 3. The van der Waals surface area contributed by atoms with Crippen molar-refractivity contribution in [2.24, 2.45) is 9.98 Å². The summed E-state index contributed by atoms with van der Waals surface area (Å²) in [5.41, 5.74) is 0.176. The van der Waals surface area contributed by atoms with Crippen LogP contribution in [0.4, 0.5) is 0 Å². The van der Waals surface area contributed by atoms with E-state index < -0.39 is 5.97 Å². The van der Waals surface area contributed by atoms with Gasteiger partial charge in [-0.15, -0.1) is 0 Å². The van der Waals surface area contributed by atoms with Crippen molar-refractivity contribution in [3.05, 3.63) is 12.2 Å². The molecule has 0 saturated carbocycles. The summed E-state index contributed by atoms with van der Waals surface area (Å²) in [6.07, 6.45) is 0. The Morgan fingerprint density at radius 3 is 2.21 bits per heavy atom. The molecule has 0 aliphatic carbocycles. The first-order valence-corrected chi connectivity index (χ1v) is 4.41. The van der Waals surface area contributed by atoms with Crippen LogP contribution in [0.2, 0.25) is 0 Å². The molecule has 0 saturated heterocycles. The molecule has 0 aromatic carbocycles. The van der Waals surface area contributed by atoms with Gasteiger partial charge in [-0.3, -0.25) is 0 Å². The Morgan fingerprint density at radius 1 is 1.57 bits per heavy atom. The molecule has 0 aliphatic heterocycles. The van der Waals surface area contributed by atoms with Crippen molar-refractivity contribution in [1.29, 1.82) is 0 Å². The number of nitrogens with zero attached hydrogens (tertiary/aromatic N) is 2. The van der Waals surface area contributed by atoms with Crippen LogP contribution in [0, 0.1) is 0 Å². The van der Waals surface area contributed by atoms with Gasteiger partial charge in [-0.2, -0.15) is 0 Å². The van der Waals surface area contributed by atoms with E-state index in [4.69, 9.17) is 5.11 Å². The molecule has 0 atom stereocenters. The molecule has 0 unspecified atom stereocenters. The molecule has 0 fully saturated rings. The van der Waals surface area contributed by atoms with Crippen molar-refractivity contribution in [2.45, 2.75) is 33.7 Å². The van der Waals surface area contributed by atoms with E-state index in [0.717, 1.165) is 6.54 Å². The van der Waals surface area contributed by atoms with Crippen LogP contribution in [0.15, 0.2) is 22.1 Å². The third kappa shape index (κ3) is 16.9. The van der Waals surface area contributed by atoms with E-state index in [2.05, 4.69) is 22.6 Å². The molecule has 14 heavy (non-hydrogen) atoms. The van der Waals surface area contributed by atoms with E-state index in [0.29, 0.717) is 6.04 Å². The van der Waals surface area contributed by atoms with E-state index >= 15 is 0 Å². The first-order chi connectivity index (χ1) is 6.41. The Hall–Kier alpha value is -1.41. The molecule has 1 N–H and O–H groups in total. The third-order valence-corrected chi connectivity index (χ3v) is 0.910. The molecule has 4 nitrogen and oxygen atoms in total. The number of hydrogen-bond donors (Lipinski definition) is 1. The molecule has 4 heteroatoms. The van der Waals surface area contributed by atoms with E-state index in [1.807, 2.05) is 20.8 Å². The Labute approximate surface area is 85.1 Å². The molecule has 0 amide bonds. The maximum atomic E-state index is 9.60. The Balaban J connectivity index is 0. The van der Waals surface area contributed by atoms with Gasteiger partial charge < -0.3 is 5.11 Å². The van der Waals surface area contributed by atoms with E-state index in [9.17, 15) is 4.79 Å². The molecule has 0 rings (SSSR count). The number of carboxylic acid groups (broad SMARTS) is 1. The zero-order valence-corrected chi connectivity index (χ0v) is 9.24. The van der Waals surface area contributed by atoms with Gasteiger partial charge in [0, 0.05) is 12.1 Å². The molecular formula is C10H18N2O2. The predicted molar refractivity (Wildman–Crippen MR) is 58.0 cm³/mol. The van der Waals surface area contributed by atoms with Crippen LogP contribution in [0.1, 0.15) is 27.7 Å². The zero-order chi connectivity index (χ0) is 11.6. The van der Waals surface area contributed by atoms with Crippen LogP contribution in [-0.2, 0) is 4.79 Å². The third-order valence-electron chi connectivity index (χ3n) is 0.910. The second-order valence-electron chi connectivity index (χ2n) is 2.88. The summed E-state index contributed by atoms with van der Waals surface area (Å²) in [5, 5.41) is 7.89. The normalized spacial score (nSPS) is 8.07. The van der Waals surface area contributed by atoms with Crippen LogP contribution in [0.3, 0.4) is 0 Å². The van der Waals surface area contributed by atoms with Gasteiger partial charge in [0.2, 0.25) is 0 Å². The Morgan fingerprint density at radius 2 is 2.00 bits per heavy atom. The first-order valence-electron chi connectivity index (χ1n) is 4.41. The number of carbonyl (C=O) groups is 1. The second-order valence-corrected chi connectivity index (χ2v) is 2.88. The summed E-state index contributed by atoms with van der Waals surface area (Å²) in [5.74, 6) is -0.935. The Bertz CT molecular complexity index is 227. The van der Waals surface area contributed by atoms with Crippen molar-refractivity contribution < 1.29 is 9.90 Å². The van der Waals surface area contributed by atoms with Crippen molar-refractivity contribution in [3.63, 3.8) is 0 Å². The van der Waals surface area contributed by atoms with Gasteiger partial charge in [0.1, 0.15) is 0 Å². The fraction of sp³-hybridized carbons (Fsp3) is 0.600. The van der Waals surface area contributed by atoms with Crippen molar-refractivity contribution >= 4 is 12.0 Å². The molecule has 0 radical (unpaired) electrons. The largest absolute Gasteiger partial charge is 0.478 e. The average molecular weight is 198 g/mol. The van der Waals surface area contributed by atoms with E-state index in [1.54, 1.807) is 0 Å². The fourth-order valence-corrected chi connectivity index (χ4v) is 0.227. The first kappa shape index (κ1) is 15.1. The van der Waals surface area contributed by atoms with Gasteiger partial charge in [0.05, 0.1) is 12.1 Å². The number of aliphatic carboxylic acids is 1. The highest BCUT2D eigenvalue weighted by Gasteiger charge is 1.90. The van der Waals surface area contributed by atoms with Crippen LogP contribution >= 0.6 is 0 Å². The predicted octanol–water partition coefficient (Wildman–Crippen LogP) is 2.24. The topological polar surface area (TPSA) is 62.0 Å². The summed E-state index contributed by atoms with van der Waals surface area (Å²) in [6, 6.07) is 2.91. The standard InChI is InChI=1S/C6H12N2.C4H6O2/c1-4-7-5-8-6(2)3;1-3(2)4(5)6/h6H,4H2,1-3H3;1H2,2H3,(H,5,6). The van der Waals surface area contributed by atoms with Gasteiger partial charge in [0.25, 0.3) is 0 Å².